The zero-order chi connectivity index (χ0) is 3.41. The van der Waals surface area contributed by atoms with Crippen LogP contribution in [-0.4, -0.2) is 19.2 Å². The number of hydrogen-bond acceptors (Lipinski definition) is 2. The van der Waals surface area contributed by atoms with Crippen molar-refractivity contribution in [2.75, 3.05) is 13.7 Å². The molecule has 0 atom stereocenters. The zero-order valence-corrected chi connectivity index (χ0v) is 6.27. The summed E-state index contributed by atoms with van der Waals surface area (Å²) in [5.74, 6) is 0. The summed E-state index contributed by atoms with van der Waals surface area (Å²) >= 11 is 0. The normalized spacial score (nSPS) is 5.00. The average Bonchev–Trinajstić information content (AvgIpc) is 1.37. The zero-order valence-electron chi connectivity index (χ0n) is 4.27. The second-order valence-electron chi connectivity index (χ2n) is 0.493. The van der Waals surface area contributed by atoms with Crippen LogP contribution in [0.4, 0.5) is 0 Å². The van der Waals surface area contributed by atoms with Crippen LogP contribution >= 0.6 is 0 Å². The SMILES string of the molecule is [CH2-]COC.[Na+].[OH-]. The summed E-state index contributed by atoms with van der Waals surface area (Å²) in [5, 5.41) is 0. The fourth-order valence-electron chi connectivity index (χ4n) is 0. The topological polar surface area (TPSA) is 39.2 Å². The van der Waals surface area contributed by atoms with Crippen molar-refractivity contribution in [3.8, 4) is 0 Å². The van der Waals surface area contributed by atoms with E-state index in [-0.39, 0.29) is 35.0 Å². The number of ether oxygens (including phenoxy) is 1. The van der Waals surface area contributed by atoms with Crippen LogP contribution in [0.5, 0.6) is 0 Å². The van der Waals surface area contributed by atoms with E-state index in [2.05, 4.69) is 11.7 Å². The van der Waals surface area contributed by atoms with Crippen LogP contribution in [-0.2, 0) is 4.74 Å². The predicted molar refractivity (Wildman–Crippen MR) is 19.2 cm³/mol. The van der Waals surface area contributed by atoms with Gasteiger partial charge in [0, 0.05) is 7.11 Å². The minimum absolute atomic E-state index is 0. The van der Waals surface area contributed by atoms with Crippen molar-refractivity contribution in [2.24, 2.45) is 0 Å². The van der Waals surface area contributed by atoms with E-state index in [9.17, 15) is 0 Å². The van der Waals surface area contributed by atoms with E-state index in [1.165, 1.54) is 0 Å². The Morgan fingerprint density at radius 3 is 1.83 bits per heavy atom. The summed E-state index contributed by atoms with van der Waals surface area (Å²) in [6.45, 7) is 3.95. The molecule has 0 rings (SSSR count). The van der Waals surface area contributed by atoms with Crippen molar-refractivity contribution in [1.29, 1.82) is 0 Å². The molecule has 0 aliphatic rings. The summed E-state index contributed by atoms with van der Waals surface area (Å²) < 4.78 is 4.43. The third-order valence-electron chi connectivity index (χ3n) is 0.204. The Balaban J connectivity index is -0.0000000450. The molecule has 0 unspecified atom stereocenters. The first-order chi connectivity index (χ1) is 1.91. The van der Waals surface area contributed by atoms with Gasteiger partial charge >= 0.3 is 29.6 Å². The first-order valence-electron chi connectivity index (χ1n) is 1.20. The summed E-state index contributed by atoms with van der Waals surface area (Å²) in [7, 11) is 1.62. The van der Waals surface area contributed by atoms with Gasteiger partial charge in [-0.25, -0.2) is 0 Å². The van der Waals surface area contributed by atoms with E-state index in [1.54, 1.807) is 7.11 Å². The Hall–Kier alpha value is 0.920. The third kappa shape index (κ3) is 20.5. The van der Waals surface area contributed by atoms with Crippen LogP contribution in [0.2, 0.25) is 0 Å². The van der Waals surface area contributed by atoms with Crippen molar-refractivity contribution in [1.82, 2.24) is 0 Å². The Bertz CT molecular complexity index is 10.8. The summed E-state index contributed by atoms with van der Waals surface area (Å²) in [6.07, 6.45) is 0. The molecule has 0 amide bonds. The van der Waals surface area contributed by atoms with Crippen molar-refractivity contribution in [3.63, 3.8) is 0 Å². The van der Waals surface area contributed by atoms with Crippen molar-refractivity contribution >= 4 is 0 Å². The van der Waals surface area contributed by atoms with E-state index < -0.39 is 0 Å². The molecule has 0 fully saturated rings. The smallest absolute Gasteiger partial charge is 0.870 e. The number of hydrogen-bond donors (Lipinski definition) is 0. The molecule has 1 N–H and O–H groups in total. The molecule has 0 saturated carbocycles. The third-order valence-corrected chi connectivity index (χ3v) is 0.204. The monoisotopic (exact) mass is 99.0 g/mol. The second kappa shape index (κ2) is 16.8. The predicted octanol–water partition coefficient (Wildman–Crippen LogP) is -2.71. The van der Waals surface area contributed by atoms with E-state index in [0.717, 1.165) is 0 Å². The van der Waals surface area contributed by atoms with Gasteiger partial charge in [-0.1, -0.05) is 6.61 Å². The second-order valence-corrected chi connectivity index (χ2v) is 0.493. The first kappa shape index (κ1) is 15.8. The molecule has 0 aliphatic carbocycles. The summed E-state index contributed by atoms with van der Waals surface area (Å²) in [4.78, 5) is 0. The van der Waals surface area contributed by atoms with Crippen LogP contribution in [0, 0.1) is 6.92 Å². The maximum Gasteiger partial charge on any atom is 1.00 e. The molecule has 0 aromatic rings. The first-order valence-corrected chi connectivity index (χ1v) is 1.20. The minimum atomic E-state index is 0. The summed E-state index contributed by atoms with van der Waals surface area (Å²) in [5.41, 5.74) is 0. The quantitative estimate of drug-likeness (QED) is 0.265. The van der Waals surface area contributed by atoms with Gasteiger partial charge in [-0.3, -0.25) is 0 Å². The van der Waals surface area contributed by atoms with Crippen LogP contribution in [0.15, 0.2) is 0 Å². The molecule has 6 heavy (non-hydrogen) atoms. The molecule has 3 heteroatoms. The molecule has 34 valence electrons. The van der Waals surface area contributed by atoms with Gasteiger partial charge in [0.1, 0.15) is 0 Å². The molecule has 0 aromatic carbocycles. The van der Waals surface area contributed by atoms with Gasteiger partial charge in [0.15, 0.2) is 0 Å². The van der Waals surface area contributed by atoms with E-state index in [0.29, 0.717) is 6.61 Å². The standard InChI is InChI=1S/C3H7O.Na.H2O/c1-3-4-2;;/h1,3H2,2H3;;1H2/q-1;+1;/p-1. The van der Waals surface area contributed by atoms with E-state index >= 15 is 0 Å². The van der Waals surface area contributed by atoms with E-state index in [1.807, 2.05) is 0 Å². The molecule has 0 radical (unpaired) electrons. The van der Waals surface area contributed by atoms with Gasteiger partial charge in [-0.15, -0.1) is 0 Å². The van der Waals surface area contributed by atoms with E-state index in [4.69, 9.17) is 0 Å². The van der Waals surface area contributed by atoms with Crippen molar-refractivity contribution < 1.29 is 39.8 Å². The molecule has 0 saturated heterocycles. The molecule has 2 nitrogen and oxygen atoms in total. The van der Waals surface area contributed by atoms with Crippen LogP contribution in [0.3, 0.4) is 0 Å². The van der Waals surface area contributed by atoms with Crippen LogP contribution < -0.4 is 29.6 Å². The molecule has 0 spiro atoms. The van der Waals surface area contributed by atoms with Gasteiger partial charge in [-0.05, 0) is 0 Å². The van der Waals surface area contributed by atoms with Crippen LogP contribution in [0.1, 0.15) is 0 Å². The van der Waals surface area contributed by atoms with Gasteiger partial charge in [0.05, 0.1) is 0 Å². The Morgan fingerprint density at radius 2 is 1.83 bits per heavy atom. The van der Waals surface area contributed by atoms with Crippen molar-refractivity contribution in [3.05, 3.63) is 6.92 Å². The molecular weight excluding hydrogens is 91.0 g/mol. The fraction of sp³-hybridized carbons (Fsp3) is 0.667. The minimum Gasteiger partial charge on any atom is -0.870 e. The summed E-state index contributed by atoms with van der Waals surface area (Å²) in [6, 6.07) is 0. The maximum absolute atomic E-state index is 4.43. The average molecular weight is 99.1 g/mol. The molecule has 0 heterocycles. The molecular formula is C3H8NaO2-. The van der Waals surface area contributed by atoms with Gasteiger partial charge in [0.25, 0.3) is 0 Å². The van der Waals surface area contributed by atoms with Crippen molar-refractivity contribution in [2.45, 2.75) is 0 Å². The Labute approximate surface area is 60.5 Å². The number of methoxy groups -OCH3 is 1. The van der Waals surface area contributed by atoms with Gasteiger partial charge < -0.3 is 17.1 Å². The molecule has 0 aliphatic heterocycles. The maximum atomic E-state index is 4.43. The Morgan fingerprint density at radius 1 is 1.67 bits per heavy atom. The Kier molecular flexibility index (Phi) is 44.2. The fourth-order valence-corrected chi connectivity index (χ4v) is 0. The van der Waals surface area contributed by atoms with Crippen LogP contribution in [0.25, 0.3) is 0 Å². The van der Waals surface area contributed by atoms with Gasteiger partial charge in [-0.2, -0.15) is 0 Å². The molecule has 0 bridgehead atoms. The number of rotatable bonds is 1. The van der Waals surface area contributed by atoms with Gasteiger partial charge in [0.2, 0.25) is 0 Å². The largest absolute Gasteiger partial charge is 1.00 e. The molecule has 0 aromatic heterocycles.